The number of ether oxygens (including phenoxy) is 2. The Morgan fingerprint density at radius 1 is 0.842 bits per heavy atom. The Morgan fingerprint density at radius 3 is 1.63 bits per heavy atom. The first-order chi connectivity index (χ1) is 9.14. The zero-order valence-corrected chi connectivity index (χ0v) is 10.6. The molecule has 0 aliphatic heterocycles. The van der Waals surface area contributed by atoms with Crippen LogP contribution in [0.1, 0.15) is 20.7 Å². The van der Waals surface area contributed by atoms with E-state index in [-0.39, 0.29) is 0 Å². The van der Waals surface area contributed by atoms with Crippen molar-refractivity contribution in [3.8, 4) is 0 Å². The standard InChI is InChI=1S/C15H12O4/c1-18-15(19-2)13(16)11-7-9-5-3-4-6-10(9)8-12(11)14(15)17/h3-8H,1-2H3. The van der Waals surface area contributed by atoms with Gasteiger partial charge in [0.05, 0.1) is 0 Å². The third-order valence-electron chi connectivity index (χ3n) is 3.55. The molecule has 19 heavy (non-hydrogen) atoms. The minimum atomic E-state index is -1.82. The Bertz CT molecular complexity index is 642. The van der Waals surface area contributed by atoms with Gasteiger partial charge in [-0.2, -0.15) is 0 Å². The summed E-state index contributed by atoms with van der Waals surface area (Å²) in [4.78, 5) is 24.7. The number of benzene rings is 2. The Kier molecular flexibility index (Phi) is 2.52. The SMILES string of the molecule is COC1(OC)C(=O)c2cc3ccccc3cc2C1=O. The molecule has 0 fully saturated rings. The van der Waals surface area contributed by atoms with E-state index in [1.807, 2.05) is 24.3 Å². The fourth-order valence-corrected chi connectivity index (χ4v) is 2.53. The van der Waals surface area contributed by atoms with Gasteiger partial charge in [-0.3, -0.25) is 9.59 Å². The van der Waals surface area contributed by atoms with Crippen LogP contribution in [0.15, 0.2) is 36.4 Å². The van der Waals surface area contributed by atoms with Crippen LogP contribution in [0.2, 0.25) is 0 Å². The molecule has 3 rings (SSSR count). The second kappa shape index (κ2) is 3.98. The van der Waals surface area contributed by atoms with E-state index in [1.165, 1.54) is 14.2 Å². The van der Waals surface area contributed by atoms with Crippen molar-refractivity contribution in [2.45, 2.75) is 5.79 Å². The summed E-state index contributed by atoms with van der Waals surface area (Å²) in [7, 11) is 2.59. The number of ketones is 2. The first-order valence-electron chi connectivity index (χ1n) is 5.87. The second-order valence-electron chi connectivity index (χ2n) is 4.43. The zero-order chi connectivity index (χ0) is 13.6. The van der Waals surface area contributed by atoms with E-state index in [1.54, 1.807) is 12.1 Å². The monoisotopic (exact) mass is 256 g/mol. The minimum Gasteiger partial charge on any atom is -0.341 e. The van der Waals surface area contributed by atoms with Crippen LogP contribution >= 0.6 is 0 Å². The molecule has 96 valence electrons. The molecule has 0 amide bonds. The van der Waals surface area contributed by atoms with E-state index in [9.17, 15) is 9.59 Å². The molecule has 0 N–H and O–H groups in total. The van der Waals surface area contributed by atoms with Crippen molar-refractivity contribution >= 4 is 22.3 Å². The van der Waals surface area contributed by atoms with Gasteiger partial charge < -0.3 is 9.47 Å². The lowest BCUT2D eigenvalue weighted by molar-refractivity contribution is -0.133. The summed E-state index contributed by atoms with van der Waals surface area (Å²) in [5.74, 6) is -2.70. The summed E-state index contributed by atoms with van der Waals surface area (Å²) in [5.41, 5.74) is 0.708. The molecule has 0 radical (unpaired) electrons. The van der Waals surface area contributed by atoms with Crippen molar-refractivity contribution in [2.75, 3.05) is 14.2 Å². The predicted octanol–water partition coefficient (Wildman–Crippen LogP) is 2.21. The van der Waals surface area contributed by atoms with Gasteiger partial charge in [-0.25, -0.2) is 0 Å². The van der Waals surface area contributed by atoms with Gasteiger partial charge in [0, 0.05) is 25.3 Å². The third kappa shape index (κ3) is 1.41. The molecule has 0 bridgehead atoms. The van der Waals surface area contributed by atoms with Crippen LogP contribution in [-0.2, 0) is 9.47 Å². The summed E-state index contributed by atoms with van der Waals surface area (Å²) in [6, 6.07) is 11.0. The van der Waals surface area contributed by atoms with Crippen LogP contribution in [0.5, 0.6) is 0 Å². The van der Waals surface area contributed by atoms with E-state index >= 15 is 0 Å². The summed E-state index contributed by atoms with van der Waals surface area (Å²) < 4.78 is 10.1. The van der Waals surface area contributed by atoms with Crippen LogP contribution in [-0.4, -0.2) is 31.6 Å². The van der Waals surface area contributed by atoms with Gasteiger partial charge in [-0.1, -0.05) is 24.3 Å². The number of hydrogen-bond acceptors (Lipinski definition) is 4. The highest BCUT2D eigenvalue weighted by molar-refractivity contribution is 6.32. The third-order valence-corrected chi connectivity index (χ3v) is 3.55. The van der Waals surface area contributed by atoms with Gasteiger partial charge in [-0.15, -0.1) is 0 Å². The Labute approximate surface area is 109 Å². The van der Waals surface area contributed by atoms with Gasteiger partial charge in [-0.05, 0) is 22.9 Å². The molecule has 1 aliphatic rings. The molecule has 2 aromatic carbocycles. The van der Waals surface area contributed by atoms with Crippen LogP contribution < -0.4 is 0 Å². The Morgan fingerprint density at radius 2 is 1.26 bits per heavy atom. The average molecular weight is 256 g/mol. The Balaban J connectivity index is 2.30. The molecule has 0 heterocycles. The molecular formula is C15H12O4. The van der Waals surface area contributed by atoms with E-state index in [4.69, 9.17) is 9.47 Å². The molecule has 1 aliphatic carbocycles. The second-order valence-corrected chi connectivity index (χ2v) is 4.43. The molecular weight excluding hydrogens is 244 g/mol. The molecule has 4 nitrogen and oxygen atoms in total. The maximum absolute atomic E-state index is 12.4. The molecule has 0 unspecified atom stereocenters. The molecule has 0 spiro atoms. The fraction of sp³-hybridized carbons (Fsp3) is 0.200. The smallest absolute Gasteiger partial charge is 0.299 e. The van der Waals surface area contributed by atoms with E-state index in [2.05, 4.69) is 0 Å². The average Bonchev–Trinajstić information content (AvgIpc) is 2.66. The van der Waals surface area contributed by atoms with E-state index in [0.29, 0.717) is 11.1 Å². The van der Waals surface area contributed by atoms with Crippen molar-refractivity contribution in [3.05, 3.63) is 47.5 Å². The highest BCUT2D eigenvalue weighted by atomic mass is 16.7. The fourth-order valence-electron chi connectivity index (χ4n) is 2.53. The zero-order valence-electron chi connectivity index (χ0n) is 10.6. The van der Waals surface area contributed by atoms with Crippen LogP contribution in [0.3, 0.4) is 0 Å². The highest BCUT2D eigenvalue weighted by Crippen LogP contribution is 2.35. The summed E-state index contributed by atoms with van der Waals surface area (Å²) in [5, 5.41) is 1.82. The largest absolute Gasteiger partial charge is 0.341 e. The van der Waals surface area contributed by atoms with Crippen LogP contribution in [0.25, 0.3) is 10.8 Å². The summed E-state index contributed by atoms with van der Waals surface area (Å²) in [6.45, 7) is 0. The van der Waals surface area contributed by atoms with Crippen molar-refractivity contribution in [1.82, 2.24) is 0 Å². The number of methoxy groups -OCH3 is 2. The first kappa shape index (κ1) is 12.0. The molecule has 0 atom stereocenters. The quantitative estimate of drug-likeness (QED) is 0.610. The van der Waals surface area contributed by atoms with Gasteiger partial charge in [0.2, 0.25) is 11.6 Å². The van der Waals surface area contributed by atoms with Crippen molar-refractivity contribution in [3.63, 3.8) is 0 Å². The molecule has 0 saturated heterocycles. The molecule has 0 aromatic heterocycles. The van der Waals surface area contributed by atoms with E-state index < -0.39 is 17.4 Å². The maximum atomic E-state index is 12.4. The normalized spacial score (nSPS) is 16.9. The lowest BCUT2D eigenvalue weighted by Gasteiger charge is -2.21. The number of hydrogen-bond donors (Lipinski definition) is 0. The number of rotatable bonds is 2. The summed E-state index contributed by atoms with van der Waals surface area (Å²) in [6.07, 6.45) is 0. The minimum absolute atomic E-state index is 0.354. The highest BCUT2D eigenvalue weighted by Gasteiger charge is 2.54. The predicted molar refractivity (Wildman–Crippen MR) is 69.4 cm³/mol. The van der Waals surface area contributed by atoms with Crippen molar-refractivity contribution < 1.29 is 19.1 Å². The summed E-state index contributed by atoms with van der Waals surface area (Å²) >= 11 is 0. The number of carbonyl (C=O) groups excluding carboxylic acids is 2. The number of Topliss-reactive ketones (excluding diaryl/α,β-unsaturated/α-hetero) is 2. The van der Waals surface area contributed by atoms with E-state index in [0.717, 1.165) is 10.8 Å². The lowest BCUT2D eigenvalue weighted by Crippen LogP contribution is -2.45. The molecule has 4 heteroatoms. The van der Waals surface area contributed by atoms with Crippen LogP contribution in [0, 0.1) is 0 Å². The van der Waals surface area contributed by atoms with Gasteiger partial charge in [0.1, 0.15) is 0 Å². The van der Waals surface area contributed by atoms with Crippen molar-refractivity contribution in [1.29, 1.82) is 0 Å². The van der Waals surface area contributed by atoms with Crippen molar-refractivity contribution in [2.24, 2.45) is 0 Å². The van der Waals surface area contributed by atoms with Gasteiger partial charge in [0.25, 0.3) is 5.79 Å². The topological polar surface area (TPSA) is 52.6 Å². The molecule has 2 aromatic rings. The maximum Gasteiger partial charge on any atom is 0.299 e. The van der Waals surface area contributed by atoms with Gasteiger partial charge in [0.15, 0.2) is 0 Å². The lowest BCUT2D eigenvalue weighted by atomic mass is 10.0. The van der Waals surface area contributed by atoms with Crippen LogP contribution in [0.4, 0.5) is 0 Å². The first-order valence-corrected chi connectivity index (χ1v) is 5.87. The Hall–Kier alpha value is -2.04. The number of carbonyl (C=O) groups is 2. The molecule has 0 saturated carbocycles. The van der Waals surface area contributed by atoms with Gasteiger partial charge >= 0.3 is 0 Å². The number of fused-ring (bicyclic) bond motifs is 2.